The number of halogens is 1. The highest BCUT2D eigenvalue weighted by atomic mass is 35.5. The van der Waals surface area contributed by atoms with Gasteiger partial charge in [-0.05, 0) is 42.3 Å². The number of benzene rings is 2. The van der Waals surface area contributed by atoms with E-state index in [0.29, 0.717) is 0 Å². The minimum Gasteiger partial charge on any atom is -0.480 e. The lowest BCUT2D eigenvalue weighted by molar-refractivity contribution is -0.138. The van der Waals surface area contributed by atoms with Crippen molar-refractivity contribution in [1.82, 2.24) is 4.90 Å². The molecule has 0 fully saturated rings. The van der Waals surface area contributed by atoms with Crippen LogP contribution < -0.4 is 0 Å². The zero-order chi connectivity index (χ0) is 14.5. The van der Waals surface area contributed by atoms with Crippen LogP contribution in [-0.4, -0.2) is 29.1 Å². The fraction of sp³-hybridized carbons (Fsp3) is 0.353. The minimum atomic E-state index is -0.772. The summed E-state index contributed by atoms with van der Waals surface area (Å²) in [4.78, 5) is 13.0. The molecule has 0 aliphatic heterocycles. The number of carboxylic acids is 1. The molecule has 21 heavy (non-hydrogen) atoms. The Bertz CT molecular complexity index is 600. The molecule has 0 aromatic heterocycles. The van der Waals surface area contributed by atoms with Gasteiger partial charge >= 0.3 is 5.97 Å². The van der Waals surface area contributed by atoms with E-state index in [1.54, 1.807) is 0 Å². The maximum atomic E-state index is 11.0. The van der Waals surface area contributed by atoms with Gasteiger partial charge in [-0.15, -0.1) is 12.4 Å². The normalized spacial score (nSPS) is 12.1. The summed E-state index contributed by atoms with van der Waals surface area (Å²) < 4.78 is 0. The summed E-state index contributed by atoms with van der Waals surface area (Å²) in [6, 6.07) is 14.7. The topological polar surface area (TPSA) is 40.5 Å². The van der Waals surface area contributed by atoms with Crippen molar-refractivity contribution in [3.05, 3.63) is 48.0 Å². The quantitative estimate of drug-likeness (QED) is 0.872. The number of hydrogen-bond acceptors (Lipinski definition) is 2. The molecule has 0 heterocycles. The first-order chi connectivity index (χ1) is 9.61. The summed E-state index contributed by atoms with van der Waals surface area (Å²) in [7, 11) is 0. The summed E-state index contributed by atoms with van der Waals surface area (Å²) in [5, 5.41) is 11.4. The molecular formula is C17H22ClNO2. The van der Waals surface area contributed by atoms with Crippen LogP contribution in [0.2, 0.25) is 0 Å². The number of carboxylic acid groups (broad SMARTS) is 1. The summed E-state index contributed by atoms with van der Waals surface area (Å²) in [5.41, 5.74) is 1.17. The van der Waals surface area contributed by atoms with Gasteiger partial charge in [0.25, 0.3) is 0 Å². The van der Waals surface area contributed by atoms with E-state index in [1.165, 1.54) is 16.3 Å². The molecule has 0 saturated carbocycles. The van der Waals surface area contributed by atoms with Crippen LogP contribution >= 0.6 is 12.4 Å². The Morgan fingerprint density at radius 3 is 2.48 bits per heavy atom. The smallest absolute Gasteiger partial charge is 0.317 e. The minimum absolute atomic E-state index is 0. The number of carbonyl (C=O) groups is 1. The van der Waals surface area contributed by atoms with E-state index in [1.807, 2.05) is 17.0 Å². The summed E-state index contributed by atoms with van der Waals surface area (Å²) in [6.45, 7) is 5.02. The van der Waals surface area contributed by atoms with Crippen LogP contribution in [0.4, 0.5) is 0 Å². The monoisotopic (exact) mass is 307 g/mol. The Morgan fingerprint density at radius 1 is 1.19 bits per heavy atom. The molecule has 2 rings (SSSR count). The molecule has 0 saturated heterocycles. The first-order valence-corrected chi connectivity index (χ1v) is 7.06. The fourth-order valence-electron chi connectivity index (χ4n) is 2.55. The second-order valence-corrected chi connectivity index (χ2v) is 5.15. The second kappa shape index (κ2) is 8.01. The van der Waals surface area contributed by atoms with Crippen molar-refractivity contribution in [2.45, 2.75) is 26.3 Å². The maximum Gasteiger partial charge on any atom is 0.317 e. The van der Waals surface area contributed by atoms with Crippen LogP contribution in [0.1, 0.15) is 31.9 Å². The van der Waals surface area contributed by atoms with Gasteiger partial charge in [0, 0.05) is 6.04 Å². The van der Waals surface area contributed by atoms with E-state index < -0.39 is 5.97 Å². The zero-order valence-electron chi connectivity index (χ0n) is 12.5. The molecule has 2 aromatic carbocycles. The van der Waals surface area contributed by atoms with Gasteiger partial charge < -0.3 is 5.11 Å². The lowest BCUT2D eigenvalue weighted by Gasteiger charge is -2.27. The van der Waals surface area contributed by atoms with Crippen LogP contribution in [0.3, 0.4) is 0 Å². The third-order valence-electron chi connectivity index (χ3n) is 3.65. The number of nitrogens with zero attached hydrogens (tertiary/aromatic N) is 1. The Kier molecular flexibility index (Phi) is 6.66. The molecule has 0 aliphatic carbocycles. The molecule has 0 aliphatic rings. The molecular weight excluding hydrogens is 286 g/mol. The van der Waals surface area contributed by atoms with Crippen molar-refractivity contribution in [2.24, 2.45) is 0 Å². The van der Waals surface area contributed by atoms with Gasteiger partial charge in [-0.3, -0.25) is 9.69 Å². The summed E-state index contributed by atoms with van der Waals surface area (Å²) >= 11 is 0. The molecule has 0 radical (unpaired) electrons. The first-order valence-electron chi connectivity index (χ1n) is 7.06. The van der Waals surface area contributed by atoms with Gasteiger partial charge in [-0.2, -0.15) is 0 Å². The van der Waals surface area contributed by atoms with Crippen molar-refractivity contribution >= 4 is 29.1 Å². The number of rotatable bonds is 6. The van der Waals surface area contributed by atoms with E-state index in [0.717, 1.165) is 13.0 Å². The highest BCUT2D eigenvalue weighted by Crippen LogP contribution is 2.24. The third kappa shape index (κ3) is 4.45. The Morgan fingerprint density at radius 2 is 1.86 bits per heavy atom. The highest BCUT2D eigenvalue weighted by Gasteiger charge is 2.17. The largest absolute Gasteiger partial charge is 0.480 e. The van der Waals surface area contributed by atoms with Crippen molar-refractivity contribution < 1.29 is 9.90 Å². The maximum absolute atomic E-state index is 11.0. The van der Waals surface area contributed by atoms with E-state index in [2.05, 4.69) is 44.2 Å². The zero-order valence-corrected chi connectivity index (χ0v) is 13.3. The molecule has 4 heteroatoms. The van der Waals surface area contributed by atoms with Crippen LogP contribution in [0.25, 0.3) is 10.8 Å². The molecule has 2 aromatic rings. The number of fused-ring (bicyclic) bond motifs is 1. The Hall–Kier alpha value is -1.58. The van der Waals surface area contributed by atoms with Gasteiger partial charge in [-0.25, -0.2) is 0 Å². The van der Waals surface area contributed by atoms with Crippen LogP contribution in [0.15, 0.2) is 42.5 Å². The average Bonchev–Trinajstić information content (AvgIpc) is 2.45. The predicted octanol–water partition coefficient (Wildman–Crippen LogP) is 4.12. The van der Waals surface area contributed by atoms with E-state index in [-0.39, 0.29) is 25.0 Å². The van der Waals surface area contributed by atoms with Crippen molar-refractivity contribution in [2.75, 3.05) is 13.1 Å². The highest BCUT2D eigenvalue weighted by molar-refractivity contribution is 5.85. The summed E-state index contributed by atoms with van der Waals surface area (Å²) in [6.07, 6.45) is 0.950. The van der Waals surface area contributed by atoms with Gasteiger partial charge in [0.15, 0.2) is 0 Å². The second-order valence-electron chi connectivity index (χ2n) is 5.15. The van der Waals surface area contributed by atoms with Gasteiger partial charge in [-0.1, -0.05) is 43.3 Å². The number of hydrogen-bond donors (Lipinski definition) is 1. The van der Waals surface area contributed by atoms with Gasteiger partial charge in [0.1, 0.15) is 0 Å². The van der Waals surface area contributed by atoms with E-state index >= 15 is 0 Å². The number of aliphatic carboxylic acids is 1. The first kappa shape index (κ1) is 17.5. The molecule has 3 nitrogen and oxygen atoms in total. The van der Waals surface area contributed by atoms with Crippen molar-refractivity contribution in [3.8, 4) is 0 Å². The lowest BCUT2D eigenvalue weighted by atomic mass is 10.0. The Labute approximate surface area is 132 Å². The van der Waals surface area contributed by atoms with Gasteiger partial charge in [0.2, 0.25) is 0 Å². The molecule has 1 atom stereocenters. The van der Waals surface area contributed by atoms with E-state index in [4.69, 9.17) is 5.11 Å². The molecule has 0 amide bonds. The Balaban J connectivity index is 0.00000220. The van der Waals surface area contributed by atoms with E-state index in [9.17, 15) is 4.79 Å². The molecule has 114 valence electrons. The molecule has 1 N–H and O–H groups in total. The molecule has 0 bridgehead atoms. The third-order valence-corrected chi connectivity index (χ3v) is 3.65. The predicted molar refractivity (Wildman–Crippen MR) is 89.1 cm³/mol. The van der Waals surface area contributed by atoms with Crippen molar-refractivity contribution in [3.63, 3.8) is 0 Å². The molecule has 0 spiro atoms. The summed E-state index contributed by atoms with van der Waals surface area (Å²) in [5.74, 6) is -0.772. The van der Waals surface area contributed by atoms with Crippen LogP contribution in [0, 0.1) is 0 Å². The fourth-order valence-corrected chi connectivity index (χ4v) is 2.55. The SMILES string of the molecule is CCCN(CC(=O)O)C(C)c1ccc2ccccc2c1.Cl. The standard InChI is InChI=1S/C17H21NO2.ClH/c1-3-10-18(12-17(19)20)13(2)15-9-8-14-6-4-5-7-16(14)11-15;/h4-9,11,13H,3,10,12H2,1-2H3,(H,19,20);1H. The molecule has 1 unspecified atom stereocenters. The van der Waals surface area contributed by atoms with Crippen molar-refractivity contribution in [1.29, 1.82) is 0 Å². The van der Waals surface area contributed by atoms with Crippen LogP contribution in [0.5, 0.6) is 0 Å². The average molecular weight is 308 g/mol. The van der Waals surface area contributed by atoms with Crippen LogP contribution in [-0.2, 0) is 4.79 Å². The lowest BCUT2D eigenvalue weighted by Crippen LogP contribution is -2.33. The van der Waals surface area contributed by atoms with Gasteiger partial charge in [0.05, 0.1) is 6.54 Å².